The molecule has 1 aliphatic heterocycles. The van der Waals surface area contributed by atoms with Gasteiger partial charge in [0.2, 0.25) is 0 Å². The van der Waals surface area contributed by atoms with Crippen molar-refractivity contribution in [1.82, 2.24) is 0 Å². The maximum Gasteiger partial charge on any atom is 0.280 e. The van der Waals surface area contributed by atoms with Crippen LogP contribution in [0, 0.1) is 6.92 Å². The molecule has 0 fully saturated rings. The number of hydrazone groups is 1. The Morgan fingerprint density at radius 3 is 2.42 bits per heavy atom. The molecule has 0 spiro atoms. The fraction of sp³-hybridized carbons (Fsp3) is 0.154. The zero-order valence-corrected chi connectivity index (χ0v) is 17.8. The molecule has 0 unspecified atom stereocenters. The molecule has 1 aliphatic rings. The van der Waals surface area contributed by atoms with Crippen LogP contribution in [0.3, 0.4) is 0 Å². The normalized spacial score (nSPS) is 14.7. The van der Waals surface area contributed by atoms with Crippen molar-refractivity contribution in [2.24, 2.45) is 5.10 Å². The monoisotopic (exact) mass is 412 g/mol. The summed E-state index contributed by atoms with van der Waals surface area (Å²) in [6, 6.07) is 23.2. The topological polar surface area (TPSA) is 51.1 Å². The van der Waals surface area contributed by atoms with Gasteiger partial charge in [0.15, 0.2) is 11.5 Å². The minimum absolute atomic E-state index is 0.150. The molecular weight excluding hydrogens is 388 g/mol. The molecule has 3 aromatic carbocycles. The summed E-state index contributed by atoms with van der Waals surface area (Å²) in [5.74, 6) is 1.12. The Kier molecular flexibility index (Phi) is 5.85. The largest absolute Gasteiger partial charge is 0.493 e. The van der Waals surface area contributed by atoms with Gasteiger partial charge in [0.1, 0.15) is 6.61 Å². The molecule has 5 heteroatoms. The molecule has 0 bridgehead atoms. The summed E-state index contributed by atoms with van der Waals surface area (Å²) >= 11 is 0. The van der Waals surface area contributed by atoms with Gasteiger partial charge >= 0.3 is 0 Å². The van der Waals surface area contributed by atoms with Crippen LogP contribution in [-0.4, -0.2) is 18.7 Å². The highest BCUT2D eigenvalue weighted by molar-refractivity contribution is 6.32. The van der Waals surface area contributed by atoms with E-state index in [2.05, 4.69) is 18.1 Å². The third-order valence-corrected chi connectivity index (χ3v) is 5.21. The van der Waals surface area contributed by atoms with Crippen molar-refractivity contribution < 1.29 is 14.3 Å². The van der Waals surface area contributed by atoms with E-state index in [-0.39, 0.29) is 5.91 Å². The fourth-order valence-electron chi connectivity index (χ4n) is 3.42. The van der Waals surface area contributed by atoms with Crippen LogP contribution in [-0.2, 0) is 11.4 Å². The number of nitrogens with zero attached hydrogens (tertiary/aromatic N) is 2. The summed E-state index contributed by atoms with van der Waals surface area (Å²) in [4.78, 5) is 12.9. The first-order valence-electron chi connectivity index (χ1n) is 10.1. The first kappa shape index (κ1) is 20.4. The van der Waals surface area contributed by atoms with Crippen molar-refractivity contribution in [3.8, 4) is 11.5 Å². The lowest BCUT2D eigenvalue weighted by Gasteiger charge is -2.13. The van der Waals surface area contributed by atoms with E-state index in [1.807, 2.05) is 79.7 Å². The number of ether oxygens (including phenoxy) is 2. The van der Waals surface area contributed by atoms with Gasteiger partial charge in [-0.25, -0.2) is 0 Å². The lowest BCUT2D eigenvalue weighted by Crippen LogP contribution is -2.21. The van der Waals surface area contributed by atoms with E-state index in [0.717, 1.165) is 16.8 Å². The molecule has 4 rings (SSSR count). The highest BCUT2D eigenvalue weighted by Gasteiger charge is 2.28. The highest BCUT2D eigenvalue weighted by atomic mass is 16.5. The molecule has 0 atom stereocenters. The molecule has 0 aromatic heterocycles. The fourth-order valence-corrected chi connectivity index (χ4v) is 3.42. The quantitative estimate of drug-likeness (QED) is 0.510. The maximum absolute atomic E-state index is 12.9. The Hall–Kier alpha value is -3.86. The number of anilines is 1. The molecule has 0 saturated heterocycles. The van der Waals surface area contributed by atoms with Crippen LogP contribution < -0.4 is 14.5 Å². The number of methoxy groups -OCH3 is 1. The number of hydrogen-bond donors (Lipinski definition) is 0. The standard InChI is InChI=1S/C26H24N2O3/c1-18-9-7-8-10-21(18)17-31-24-14-13-20(16-25(24)30-3)15-23-19(2)27-28(26(23)29)22-11-5-4-6-12-22/h4-16H,17H2,1-3H3/b23-15+. The molecule has 3 aromatic rings. The van der Waals surface area contributed by atoms with Crippen molar-refractivity contribution in [3.63, 3.8) is 0 Å². The number of amides is 1. The minimum atomic E-state index is -0.150. The SMILES string of the molecule is COc1cc(/C=C2/C(=O)N(c3ccccc3)N=C2C)ccc1OCc1ccccc1C. The van der Waals surface area contributed by atoms with Gasteiger partial charge in [0.25, 0.3) is 5.91 Å². The number of carbonyl (C=O) groups excluding carboxylic acids is 1. The van der Waals surface area contributed by atoms with Crippen LogP contribution in [0.2, 0.25) is 0 Å². The highest BCUT2D eigenvalue weighted by Crippen LogP contribution is 2.31. The van der Waals surface area contributed by atoms with Gasteiger partial charge in [-0.05, 0) is 60.9 Å². The van der Waals surface area contributed by atoms with Gasteiger partial charge in [0.05, 0.1) is 24.1 Å². The average molecular weight is 412 g/mol. The molecule has 1 heterocycles. The molecule has 31 heavy (non-hydrogen) atoms. The summed E-state index contributed by atoms with van der Waals surface area (Å²) < 4.78 is 11.5. The Bertz CT molecular complexity index is 1170. The lowest BCUT2D eigenvalue weighted by molar-refractivity contribution is -0.114. The summed E-state index contributed by atoms with van der Waals surface area (Å²) in [5, 5.41) is 5.85. The van der Waals surface area contributed by atoms with Gasteiger partial charge in [0, 0.05) is 0 Å². The van der Waals surface area contributed by atoms with E-state index >= 15 is 0 Å². The number of benzene rings is 3. The predicted octanol–water partition coefficient (Wildman–Crippen LogP) is 5.39. The third-order valence-electron chi connectivity index (χ3n) is 5.21. The first-order chi connectivity index (χ1) is 15.1. The van der Waals surface area contributed by atoms with Crippen LogP contribution in [0.1, 0.15) is 23.6 Å². The molecule has 0 radical (unpaired) electrons. The van der Waals surface area contributed by atoms with E-state index in [1.54, 1.807) is 7.11 Å². The van der Waals surface area contributed by atoms with Gasteiger partial charge in [-0.2, -0.15) is 10.1 Å². The van der Waals surface area contributed by atoms with E-state index in [1.165, 1.54) is 10.6 Å². The van der Waals surface area contributed by atoms with Crippen LogP contribution in [0.4, 0.5) is 5.69 Å². The molecule has 0 saturated carbocycles. The molecule has 0 aliphatic carbocycles. The van der Waals surface area contributed by atoms with Gasteiger partial charge in [-0.15, -0.1) is 0 Å². The lowest BCUT2D eigenvalue weighted by atomic mass is 10.1. The number of rotatable bonds is 6. The zero-order chi connectivity index (χ0) is 21.8. The Morgan fingerprint density at radius 1 is 0.935 bits per heavy atom. The van der Waals surface area contributed by atoms with Crippen molar-refractivity contribution >= 4 is 23.4 Å². The summed E-state index contributed by atoms with van der Waals surface area (Å²) in [6.45, 7) is 4.36. The van der Waals surface area contributed by atoms with E-state index in [0.29, 0.717) is 29.4 Å². The van der Waals surface area contributed by atoms with Crippen LogP contribution >= 0.6 is 0 Å². The maximum atomic E-state index is 12.9. The van der Waals surface area contributed by atoms with Crippen molar-refractivity contribution in [3.05, 3.63) is 95.1 Å². The summed E-state index contributed by atoms with van der Waals surface area (Å²) in [5.41, 5.74) is 5.12. The average Bonchev–Trinajstić information content (AvgIpc) is 3.08. The van der Waals surface area contributed by atoms with Crippen molar-refractivity contribution in [2.45, 2.75) is 20.5 Å². The summed E-state index contributed by atoms with van der Waals surface area (Å²) in [7, 11) is 1.61. The van der Waals surface area contributed by atoms with Crippen molar-refractivity contribution in [1.29, 1.82) is 0 Å². The number of aryl methyl sites for hydroxylation is 1. The van der Waals surface area contributed by atoms with E-state index in [4.69, 9.17) is 9.47 Å². The predicted molar refractivity (Wildman–Crippen MR) is 124 cm³/mol. The van der Waals surface area contributed by atoms with Crippen LogP contribution in [0.5, 0.6) is 11.5 Å². The Labute approximate surface area is 182 Å². The Morgan fingerprint density at radius 2 is 1.68 bits per heavy atom. The van der Waals surface area contributed by atoms with Crippen molar-refractivity contribution in [2.75, 3.05) is 12.1 Å². The molecule has 1 amide bonds. The number of hydrogen-bond acceptors (Lipinski definition) is 4. The van der Waals surface area contributed by atoms with Gasteiger partial charge in [-0.3, -0.25) is 4.79 Å². The first-order valence-corrected chi connectivity index (χ1v) is 10.1. The Balaban J connectivity index is 1.55. The zero-order valence-electron chi connectivity index (χ0n) is 17.8. The second-order valence-corrected chi connectivity index (χ2v) is 7.32. The minimum Gasteiger partial charge on any atom is -0.493 e. The summed E-state index contributed by atoms with van der Waals surface area (Å²) in [6.07, 6.45) is 1.83. The van der Waals surface area contributed by atoms with Gasteiger partial charge in [-0.1, -0.05) is 48.5 Å². The number of carbonyl (C=O) groups is 1. The molecule has 0 N–H and O–H groups in total. The molecular formula is C26H24N2O3. The second-order valence-electron chi connectivity index (χ2n) is 7.32. The molecule has 156 valence electrons. The van der Waals surface area contributed by atoms with Gasteiger partial charge < -0.3 is 9.47 Å². The smallest absolute Gasteiger partial charge is 0.280 e. The van der Waals surface area contributed by atoms with Crippen LogP contribution in [0.15, 0.2) is 83.5 Å². The second kappa shape index (κ2) is 8.88. The molecule has 5 nitrogen and oxygen atoms in total. The van der Waals surface area contributed by atoms with Crippen LogP contribution in [0.25, 0.3) is 6.08 Å². The third kappa shape index (κ3) is 4.36. The van der Waals surface area contributed by atoms with E-state index < -0.39 is 0 Å². The number of para-hydroxylation sites is 1. The van der Waals surface area contributed by atoms with E-state index in [9.17, 15) is 4.79 Å².